The predicted molar refractivity (Wildman–Crippen MR) is 57.5 cm³/mol. The van der Waals surface area contributed by atoms with Crippen LogP contribution in [0.3, 0.4) is 0 Å². The van der Waals surface area contributed by atoms with Crippen molar-refractivity contribution in [1.29, 1.82) is 0 Å². The smallest absolute Gasteiger partial charge is 0.118 e. The van der Waals surface area contributed by atoms with Crippen LogP contribution in [0.25, 0.3) is 0 Å². The number of para-hydroxylation sites is 1. The summed E-state index contributed by atoms with van der Waals surface area (Å²) in [6.45, 7) is 0. The predicted octanol–water partition coefficient (Wildman–Crippen LogP) is 1.97. The lowest BCUT2D eigenvalue weighted by atomic mass is 10.1. The van der Waals surface area contributed by atoms with Gasteiger partial charge >= 0.3 is 0 Å². The molecule has 0 amide bonds. The van der Waals surface area contributed by atoms with Gasteiger partial charge in [-0.05, 0) is 24.5 Å². The zero-order valence-electron chi connectivity index (χ0n) is 8.30. The molecule has 2 aromatic rings. The summed E-state index contributed by atoms with van der Waals surface area (Å²) in [6.07, 6.45) is 6.67. The van der Waals surface area contributed by atoms with E-state index in [1.54, 1.807) is 24.7 Å². The molecule has 1 N–H and O–H groups in total. The number of aromatic hydroxyl groups is 1. The van der Waals surface area contributed by atoms with E-state index in [4.69, 9.17) is 0 Å². The van der Waals surface area contributed by atoms with Gasteiger partial charge in [0, 0.05) is 18.6 Å². The second kappa shape index (κ2) is 4.55. The SMILES string of the molecule is Oc1ccccc1CCc1cnccn1. The Morgan fingerprint density at radius 3 is 2.67 bits per heavy atom. The molecule has 1 heterocycles. The van der Waals surface area contributed by atoms with Crippen molar-refractivity contribution in [2.45, 2.75) is 12.8 Å². The minimum Gasteiger partial charge on any atom is -0.508 e. The summed E-state index contributed by atoms with van der Waals surface area (Å²) in [5, 5.41) is 9.55. The van der Waals surface area contributed by atoms with Crippen LogP contribution in [0, 0.1) is 0 Å². The van der Waals surface area contributed by atoms with Crippen molar-refractivity contribution in [3.63, 3.8) is 0 Å². The monoisotopic (exact) mass is 200 g/mol. The van der Waals surface area contributed by atoms with Gasteiger partial charge in [-0.15, -0.1) is 0 Å². The first-order valence-electron chi connectivity index (χ1n) is 4.88. The van der Waals surface area contributed by atoms with Gasteiger partial charge in [-0.1, -0.05) is 18.2 Å². The molecule has 3 nitrogen and oxygen atoms in total. The maximum atomic E-state index is 9.55. The van der Waals surface area contributed by atoms with E-state index in [1.165, 1.54) is 0 Å². The summed E-state index contributed by atoms with van der Waals surface area (Å²) in [5.41, 5.74) is 1.89. The molecule has 0 aliphatic rings. The summed E-state index contributed by atoms with van der Waals surface area (Å²) >= 11 is 0. The molecular formula is C12H12N2O. The van der Waals surface area contributed by atoms with Crippen LogP contribution in [0.2, 0.25) is 0 Å². The van der Waals surface area contributed by atoms with Crippen LogP contribution in [0.5, 0.6) is 5.75 Å². The van der Waals surface area contributed by atoms with Gasteiger partial charge in [-0.2, -0.15) is 0 Å². The molecule has 0 saturated carbocycles. The number of nitrogens with zero attached hydrogens (tertiary/aromatic N) is 2. The Labute approximate surface area is 88.5 Å². The normalized spacial score (nSPS) is 10.1. The Morgan fingerprint density at radius 1 is 1.07 bits per heavy atom. The molecule has 2 rings (SSSR count). The van der Waals surface area contributed by atoms with Crippen LogP contribution < -0.4 is 0 Å². The van der Waals surface area contributed by atoms with Crippen molar-refractivity contribution in [2.75, 3.05) is 0 Å². The van der Waals surface area contributed by atoms with Gasteiger partial charge in [-0.3, -0.25) is 9.97 Å². The van der Waals surface area contributed by atoms with E-state index in [9.17, 15) is 5.11 Å². The van der Waals surface area contributed by atoms with Gasteiger partial charge in [-0.25, -0.2) is 0 Å². The van der Waals surface area contributed by atoms with Gasteiger partial charge < -0.3 is 5.11 Å². The first kappa shape index (κ1) is 9.65. The third kappa shape index (κ3) is 2.53. The van der Waals surface area contributed by atoms with Gasteiger partial charge in [0.2, 0.25) is 0 Å². The lowest BCUT2D eigenvalue weighted by molar-refractivity contribution is 0.468. The van der Waals surface area contributed by atoms with E-state index in [-0.39, 0.29) is 0 Å². The summed E-state index contributed by atoms with van der Waals surface area (Å²) in [5.74, 6) is 0.349. The molecule has 0 atom stereocenters. The van der Waals surface area contributed by atoms with E-state index >= 15 is 0 Å². The van der Waals surface area contributed by atoms with Crippen molar-refractivity contribution >= 4 is 0 Å². The zero-order chi connectivity index (χ0) is 10.5. The Kier molecular flexibility index (Phi) is 2.93. The zero-order valence-corrected chi connectivity index (χ0v) is 8.30. The van der Waals surface area contributed by atoms with Crippen molar-refractivity contribution in [1.82, 2.24) is 9.97 Å². The molecule has 0 aliphatic heterocycles. The molecule has 0 bridgehead atoms. The Morgan fingerprint density at radius 2 is 1.93 bits per heavy atom. The second-order valence-corrected chi connectivity index (χ2v) is 3.33. The van der Waals surface area contributed by atoms with E-state index in [0.29, 0.717) is 5.75 Å². The highest BCUT2D eigenvalue weighted by Gasteiger charge is 2.00. The largest absolute Gasteiger partial charge is 0.508 e. The van der Waals surface area contributed by atoms with Crippen molar-refractivity contribution in [2.24, 2.45) is 0 Å². The summed E-state index contributed by atoms with van der Waals surface area (Å²) < 4.78 is 0. The Hall–Kier alpha value is -1.90. The quantitative estimate of drug-likeness (QED) is 0.823. The molecular weight excluding hydrogens is 188 g/mol. The molecule has 0 spiro atoms. The minimum atomic E-state index is 0.349. The Balaban J connectivity index is 2.03. The number of hydrogen-bond donors (Lipinski definition) is 1. The van der Waals surface area contributed by atoms with E-state index in [1.807, 2.05) is 18.2 Å². The molecule has 0 unspecified atom stereocenters. The second-order valence-electron chi connectivity index (χ2n) is 3.33. The Bertz CT molecular complexity index is 429. The number of aryl methyl sites for hydroxylation is 2. The fourth-order valence-corrected chi connectivity index (χ4v) is 1.44. The van der Waals surface area contributed by atoms with Crippen molar-refractivity contribution in [3.8, 4) is 5.75 Å². The molecule has 0 saturated heterocycles. The highest BCUT2D eigenvalue weighted by atomic mass is 16.3. The molecule has 0 radical (unpaired) electrons. The summed E-state index contributed by atoms with van der Waals surface area (Å²) in [6, 6.07) is 7.37. The molecule has 15 heavy (non-hydrogen) atoms. The average molecular weight is 200 g/mol. The molecule has 3 heteroatoms. The van der Waals surface area contributed by atoms with Crippen LogP contribution in [0.15, 0.2) is 42.9 Å². The standard InChI is InChI=1S/C12H12N2O/c15-12-4-2-1-3-10(12)5-6-11-9-13-7-8-14-11/h1-4,7-9,15H,5-6H2. The van der Waals surface area contributed by atoms with E-state index in [0.717, 1.165) is 24.1 Å². The molecule has 1 aromatic heterocycles. The van der Waals surface area contributed by atoms with Crippen LogP contribution in [-0.2, 0) is 12.8 Å². The number of phenols is 1. The van der Waals surface area contributed by atoms with Crippen LogP contribution in [0.1, 0.15) is 11.3 Å². The lowest BCUT2D eigenvalue weighted by Gasteiger charge is -2.03. The molecule has 1 aromatic carbocycles. The number of hydrogen-bond acceptors (Lipinski definition) is 3. The summed E-state index contributed by atoms with van der Waals surface area (Å²) in [4.78, 5) is 8.17. The van der Waals surface area contributed by atoms with Gasteiger partial charge in [0.05, 0.1) is 5.69 Å². The number of phenolic OH excluding ortho intramolecular Hbond substituents is 1. The highest BCUT2D eigenvalue weighted by Crippen LogP contribution is 2.17. The van der Waals surface area contributed by atoms with E-state index in [2.05, 4.69) is 9.97 Å². The first-order valence-corrected chi connectivity index (χ1v) is 4.88. The fourth-order valence-electron chi connectivity index (χ4n) is 1.44. The van der Waals surface area contributed by atoms with Gasteiger partial charge in [0.25, 0.3) is 0 Å². The van der Waals surface area contributed by atoms with Crippen LogP contribution >= 0.6 is 0 Å². The van der Waals surface area contributed by atoms with Crippen molar-refractivity contribution in [3.05, 3.63) is 54.1 Å². The van der Waals surface area contributed by atoms with E-state index < -0.39 is 0 Å². The topological polar surface area (TPSA) is 46.0 Å². The fraction of sp³-hybridized carbons (Fsp3) is 0.167. The van der Waals surface area contributed by atoms with Crippen LogP contribution in [0.4, 0.5) is 0 Å². The summed E-state index contributed by atoms with van der Waals surface area (Å²) in [7, 11) is 0. The maximum Gasteiger partial charge on any atom is 0.118 e. The number of rotatable bonds is 3. The lowest BCUT2D eigenvalue weighted by Crippen LogP contribution is -1.94. The van der Waals surface area contributed by atoms with Crippen LogP contribution in [-0.4, -0.2) is 15.1 Å². The van der Waals surface area contributed by atoms with Gasteiger partial charge in [0.15, 0.2) is 0 Å². The van der Waals surface area contributed by atoms with Crippen molar-refractivity contribution < 1.29 is 5.11 Å². The number of aromatic nitrogens is 2. The average Bonchev–Trinajstić information content (AvgIpc) is 2.29. The molecule has 76 valence electrons. The maximum absolute atomic E-state index is 9.55. The molecule has 0 aliphatic carbocycles. The third-order valence-electron chi connectivity index (χ3n) is 2.26. The minimum absolute atomic E-state index is 0.349. The third-order valence-corrected chi connectivity index (χ3v) is 2.26. The molecule has 0 fully saturated rings. The first-order chi connectivity index (χ1) is 7.36. The van der Waals surface area contributed by atoms with Gasteiger partial charge in [0.1, 0.15) is 5.75 Å². The highest BCUT2D eigenvalue weighted by molar-refractivity contribution is 5.32. The number of benzene rings is 1.